The van der Waals surface area contributed by atoms with Crippen LogP contribution in [0.15, 0.2) is 18.2 Å². The third-order valence-electron chi connectivity index (χ3n) is 6.59. The summed E-state index contributed by atoms with van der Waals surface area (Å²) in [4.78, 5) is 27.3. The summed E-state index contributed by atoms with van der Waals surface area (Å²) in [7, 11) is 5.30. The van der Waals surface area contributed by atoms with Crippen LogP contribution in [0.5, 0.6) is 11.9 Å². The average Bonchev–Trinajstić information content (AvgIpc) is 3.58. The van der Waals surface area contributed by atoms with Crippen molar-refractivity contribution in [3.63, 3.8) is 0 Å². The van der Waals surface area contributed by atoms with Gasteiger partial charge in [0.2, 0.25) is 5.88 Å². The molecule has 2 N–H and O–H groups in total. The molecule has 1 unspecified atom stereocenters. The standard InChI is InChI=1S/C25H28ClF2N5O6/c1-32(2)4-5-33(3)24(35)12-6-15(27)13(16(28)7-12)9-38-23-14(26)8-17-22(30-23)31-25(29-17)39-19-11-37-20-18(34)10-36-21(19)20/h6-8,18-21,34H,4-5,9-11H2,1-3H3,(H,29,30,31)/t18-,19-,20?,21-/m1/s1. The molecule has 4 heterocycles. The molecule has 14 heteroatoms. The van der Waals surface area contributed by atoms with Gasteiger partial charge in [0.15, 0.2) is 11.8 Å². The predicted molar refractivity (Wildman–Crippen MR) is 135 cm³/mol. The molecule has 2 aliphatic heterocycles. The van der Waals surface area contributed by atoms with Crippen molar-refractivity contribution >= 4 is 28.7 Å². The maximum Gasteiger partial charge on any atom is 0.296 e. The average molecular weight is 568 g/mol. The van der Waals surface area contributed by atoms with Crippen LogP contribution in [-0.4, -0.2) is 108 Å². The number of nitrogens with one attached hydrogen (secondary N) is 1. The highest BCUT2D eigenvalue weighted by Gasteiger charge is 2.48. The summed E-state index contributed by atoms with van der Waals surface area (Å²) in [6.07, 6.45) is -2.06. The Labute approximate surface area is 227 Å². The number of imidazole rings is 1. The Kier molecular flexibility index (Phi) is 7.87. The van der Waals surface area contributed by atoms with Crippen LogP contribution in [0.3, 0.4) is 0 Å². The summed E-state index contributed by atoms with van der Waals surface area (Å²) in [6.45, 7) is 0.881. The lowest BCUT2D eigenvalue weighted by molar-refractivity contribution is 0.00706. The Balaban J connectivity index is 1.26. The predicted octanol–water partition coefficient (Wildman–Crippen LogP) is 2.01. The number of amides is 1. The fraction of sp³-hybridized carbons (Fsp3) is 0.480. The van der Waals surface area contributed by atoms with Crippen molar-refractivity contribution in [1.29, 1.82) is 0 Å². The maximum atomic E-state index is 14.8. The second-order valence-corrected chi connectivity index (χ2v) is 10.2. The van der Waals surface area contributed by atoms with Crippen LogP contribution in [0.1, 0.15) is 15.9 Å². The number of rotatable bonds is 9. The molecule has 5 rings (SSSR count). The molecule has 2 aromatic heterocycles. The van der Waals surface area contributed by atoms with Gasteiger partial charge in [0.05, 0.1) is 24.3 Å². The Morgan fingerprint density at radius 3 is 2.56 bits per heavy atom. The summed E-state index contributed by atoms with van der Waals surface area (Å²) in [5.74, 6) is -2.44. The number of hydrogen-bond donors (Lipinski definition) is 2. The Morgan fingerprint density at radius 1 is 1.13 bits per heavy atom. The molecule has 4 atom stereocenters. The van der Waals surface area contributed by atoms with E-state index in [0.717, 1.165) is 12.1 Å². The summed E-state index contributed by atoms with van der Waals surface area (Å²) >= 11 is 6.29. The quantitative estimate of drug-likeness (QED) is 0.400. The molecular formula is C25H28ClF2N5O6. The highest BCUT2D eigenvalue weighted by atomic mass is 35.5. The monoisotopic (exact) mass is 567 g/mol. The Bertz CT molecular complexity index is 1350. The number of aromatic amines is 1. The molecule has 1 aromatic carbocycles. The minimum absolute atomic E-state index is 0.0827. The molecule has 0 spiro atoms. The van der Waals surface area contributed by atoms with Crippen molar-refractivity contribution in [3.05, 3.63) is 46.0 Å². The number of halogens is 3. The van der Waals surface area contributed by atoms with Crippen LogP contribution >= 0.6 is 11.6 Å². The number of likely N-dealkylation sites (N-methyl/N-ethyl adjacent to an activating group) is 2. The SMILES string of the molecule is CN(C)CCN(C)C(=O)c1cc(F)c(COc2nc3nc(O[C@@H]4COC5[C@H](O)CO[C@@H]54)[nH]c3cc2Cl)c(F)c1. The molecule has 1 amide bonds. The number of carbonyl (C=O) groups is 1. The number of H-pyrrole nitrogens is 1. The van der Waals surface area contributed by atoms with Gasteiger partial charge in [0.1, 0.15) is 41.6 Å². The van der Waals surface area contributed by atoms with Crippen LogP contribution < -0.4 is 9.47 Å². The molecule has 39 heavy (non-hydrogen) atoms. The van der Waals surface area contributed by atoms with Gasteiger partial charge in [-0.1, -0.05) is 11.6 Å². The number of aliphatic hydroxyl groups is 1. The van der Waals surface area contributed by atoms with Gasteiger partial charge in [-0.2, -0.15) is 9.97 Å². The van der Waals surface area contributed by atoms with Gasteiger partial charge in [0.25, 0.3) is 11.9 Å². The number of pyridine rings is 1. The Hall–Kier alpha value is -3.10. The van der Waals surface area contributed by atoms with Crippen LogP contribution in [0, 0.1) is 11.6 Å². The number of fused-ring (bicyclic) bond motifs is 2. The highest BCUT2D eigenvalue weighted by molar-refractivity contribution is 6.32. The van der Waals surface area contributed by atoms with Gasteiger partial charge in [-0.05, 0) is 32.3 Å². The molecule has 3 aromatic rings. The normalized spacial score (nSPS) is 22.5. The largest absolute Gasteiger partial charge is 0.471 e. The molecule has 11 nitrogen and oxygen atoms in total. The zero-order chi connectivity index (χ0) is 27.8. The maximum absolute atomic E-state index is 14.8. The number of hydrogen-bond acceptors (Lipinski definition) is 9. The third kappa shape index (κ3) is 5.77. The smallest absolute Gasteiger partial charge is 0.296 e. The first-order valence-electron chi connectivity index (χ1n) is 12.3. The van der Waals surface area contributed by atoms with E-state index in [-0.39, 0.29) is 46.9 Å². The molecule has 0 saturated carbocycles. The van der Waals surface area contributed by atoms with Gasteiger partial charge in [-0.25, -0.2) is 8.78 Å². The van der Waals surface area contributed by atoms with Crippen molar-refractivity contribution in [2.45, 2.75) is 31.0 Å². The fourth-order valence-corrected chi connectivity index (χ4v) is 4.61. The lowest BCUT2D eigenvalue weighted by atomic mass is 10.1. The molecular weight excluding hydrogens is 540 g/mol. The summed E-state index contributed by atoms with van der Waals surface area (Å²) in [5.41, 5.74) is 0.174. The first-order chi connectivity index (χ1) is 18.6. The molecule has 2 aliphatic rings. The van der Waals surface area contributed by atoms with Crippen molar-refractivity contribution in [1.82, 2.24) is 24.8 Å². The van der Waals surface area contributed by atoms with Crippen molar-refractivity contribution in [2.75, 3.05) is 47.4 Å². The second kappa shape index (κ2) is 11.2. The zero-order valence-corrected chi connectivity index (χ0v) is 22.2. The number of nitrogens with zero attached hydrogens (tertiary/aromatic N) is 4. The molecule has 210 valence electrons. The third-order valence-corrected chi connectivity index (χ3v) is 6.86. The number of aromatic nitrogens is 3. The van der Waals surface area contributed by atoms with Gasteiger partial charge >= 0.3 is 0 Å². The van der Waals surface area contributed by atoms with E-state index in [2.05, 4.69) is 15.0 Å². The van der Waals surface area contributed by atoms with E-state index in [1.165, 1.54) is 11.0 Å². The van der Waals surface area contributed by atoms with Crippen LogP contribution in [0.2, 0.25) is 5.02 Å². The Morgan fingerprint density at radius 2 is 1.85 bits per heavy atom. The van der Waals surface area contributed by atoms with Crippen LogP contribution in [0.25, 0.3) is 11.2 Å². The lowest BCUT2D eigenvalue weighted by Gasteiger charge is -2.20. The number of ether oxygens (including phenoxy) is 4. The van der Waals surface area contributed by atoms with Crippen LogP contribution in [0.4, 0.5) is 8.78 Å². The summed E-state index contributed by atoms with van der Waals surface area (Å²) in [6, 6.07) is 3.60. The van der Waals surface area contributed by atoms with E-state index in [9.17, 15) is 18.7 Å². The number of benzene rings is 1. The van der Waals surface area contributed by atoms with Crippen molar-refractivity contribution in [3.8, 4) is 11.9 Å². The van der Waals surface area contributed by atoms with E-state index in [4.69, 9.17) is 30.5 Å². The van der Waals surface area contributed by atoms with Crippen LogP contribution in [-0.2, 0) is 16.1 Å². The molecule has 0 aliphatic carbocycles. The van der Waals surface area contributed by atoms with Crippen molar-refractivity contribution < 1.29 is 37.6 Å². The molecule has 0 bridgehead atoms. The van der Waals surface area contributed by atoms with E-state index in [0.29, 0.717) is 18.6 Å². The second-order valence-electron chi connectivity index (χ2n) is 9.75. The van der Waals surface area contributed by atoms with Gasteiger partial charge in [0, 0.05) is 25.7 Å². The van der Waals surface area contributed by atoms with E-state index in [1.54, 1.807) is 7.05 Å². The number of aliphatic hydroxyl groups excluding tert-OH is 1. The molecule has 2 saturated heterocycles. The van der Waals surface area contributed by atoms with Gasteiger partial charge in [-0.15, -0.1) is 0 Å². The number of carbonyl (C=O) groups excluding carboxylic acids is 1. The lowest BCUT2D eigenvalue weighted by Crippen LogP contribution is -2.34. The van der Waals surface area contributed by atoms with Gasteiger partial charge < -0.3 is 38.8 Å². The van der Waals surface area contributed by atoms with E-state index in [1.807, 2.05) is 19.0 Å². The first-order valence-corrected chi connectivity index (χ1v) is 12.6. The highest BCUT2D eigenvalue weighted by Crippen LogP contribution is 2.31. The van der Waals surface area contributed by atoms with Crippen molar-refractivity contribution in [2.24, 2.45) is 0 Å². The minimum Gasteiger partial charge on any atom is -0.471 e. The molecule has 0 radical (unpaired) electrons. The molecule has 2 fully saturated rings. The summed E-state index contributed by atoms with van der Waals surface area (Å²) in [5, 5.41) is 9.97. The topological polar surface area (TPSA) is 122 Å². The minimum atomic E-state index is -0.927. The van der Waals surface area contributed by atoms with E-state index >= 15 is 0 Å². The van der Waals surface area contributed by atoms with Gasteiger partial charge in [-0.3, -0.25) is 4.79 Å². The summed E-state index contributed by atoms with van der Waals surface area (Å²) < 4.78 is 52.1. The zero-order valence-electron chi connectivity index (χ0n) is 21.5. The van der Waals surface area contributed by atoms with E-state index < -0.39 is 48.6 Å². The fourth-order valence-electron chi connectivity index (χ4n) is 4.40. The first kappa shape index (κ1) is 27.5.